The molecular weight excluding hydrogens is 250 g/mol. The molecule has 0 aromatic heterocycles. The predicted octanol–water partition coefficient (Wildman–Crippen LogP) is 3.72. The molecule has 0 amide bonds. The standard InChI is InChI=1S/C16H23N.CH2O2/c1-2-12-17(13-3-1)16-10-8-15(9-11-16)7-6-14-4-5-14;2-1-3/h8-11,14H,1-7,12-13H2;1H,(H,2,3). The molecule has 3 nitrogen and oxygen atoms in total. The SMILES string of the molecule is O=CO.c1cc(N2CCCCC2)ccc1CCC1CC1. The van der Waals surface area contributed by atoms with Crippen molar-refractivity contribution in [2.24, 2.45) is 5.92 Å². The van der Waals surface area contributed by atoms with E-state index in [4.69, 9.17) is 9.90 Å². The Kier molecular flexibility index (Phi) is 5.90. The molecule has 0 spiro atoms. The number of rotatable bonds is 4. The van der Waals surface area contributed by atoms with Gasteiger partial charge in [0.15, 0.2) is 0 Å². The van der Waals surface area contributed by atoms with E-state index >= 15 is 0 Å². The van der Waals surface area contributed by atoms with E-state index in [9.17, 15) is 0 Å². The number of aryl methyl sites for hydroxylation is 1. The number of carboxylic acid groups (broad SMARTS) is 1. The Morgan fingerprint density at radius 2 is 1.70 bits per heavy atom. The van der Waals surface area contributed by atoms with Crippen LogP contribution in [-0.4, -0.2) is 24.7 Å². The van der Waals surface area contributed by atoms with Gasteiger partial charge in [0, 0.05) is 18.8 Å². The number of nitrogens with zero attached hydrogens (tertiary/aromatic N) is 1. The minimum absolute atomic E-state index is 0.250. The number of carbonyl (C=O) groups is 1. The molecule has 0 bridgehead atoms. The van der Waals surface area contributed by atoms with E-state index in [0.717, 1.165) is 5.92 Å². The van der Waals surface area contributed by atoms with Gasteiger partial charge in [0.1, 0.15) is 0 Å². The van der Waals surface area contributed by atoms with Crippen molar-refractivity contribution >= 4 is 12.2 Å². The minimum atomic E-state index is -0.250. The zero-order chi connectivity index (χ0) is 14.2. The summed E-state index contributed by atoms with van der Waals surface area (Å²) in [6.45, 7) is 2.25. The van der Waals surface area contributed by atoms with Gasteiger partial charge in [0.05, 0.1) is 0 Å². The molecule has 1 aliphatic carbocycles. The lowest BCUT2D eigenvalue weighted by Gasteiger charge is -2.28. The van der Waals surface area contributed by atoms with E-state index in [1.54, 1.807) is 0 Å². The fourth-order valence-corrected chi connectivity index (χ4v) is 2.80. The Balaban J connectivity index is 0.000000452. The van der Waals surface area contributed by atoms with Crippen molar-refractivity contribution in [3.63, 3.8) is 0 Å². The van der Waals surface area contributed by atoms with Crippen LogP contribution in [-0.2, 0) is 11.2 Å². The van der Waals surface area contributed by atoms with Gasteiger partial charge in [-0.05, 0) is 55.7 Å². The molecule has 1 aromatic rings. The minimum Gasteiger partial charge on any atom is -0.483 e. The summed E-state index contributed by atoms with van der Waals surface area (Å²) >= 11 is 0. The van der Waals surface area contributed by atoms with Gasteiger partial charge in [-0.2, -0.15) is 0 Å². The summed E-state index contributed by atoms with van der Waals surface area (Å²) in [5, 5.41) is 6.89. The lowest BCUT2D eigenvalue weighted by Crippen LogP contribution is -2.29. The number of piperidine rings is 1. The molecule has 2 aliphatic rings. The highest BCUT2D eigenvalue weighted by atomic mass is 16.3. The molecular formula is C17H25NO2. The normalized spacial score (nSPS) is 18.1. The average molecular weight is 275 g/mol. The van der Waals surface area contributed by atoms with Crippen molar-refractivity contribution < 1.29 is 9.90 Å². The van der Waals surface area contributed by atoms with Crippen LogP contribution in [0.4, 0.5) is 5.69 Å². The highest BCUT2D eigenvalue weighted by Crippen LogP contribution is 2.33. The largest absolute Gasteiger partial charge is 0.483 e. The second-order valence-corrected chi connectivity index (χ2v) is 5.80. The zero-order valence-electron chi connectivity index (χ0n) is 12.1. The van der Waals surface area contributed by atoms with Crippen LogP contribution in [0.5, 0.6) is 0 Å². The molecule has 110 valence electrons. The molecule has 0 radical (unpaired) electrons. The van der Waals surface area contributed by atoms with E-state index in [2.05, 4.69) is 29.2 Å². The van der Waals surface area contributed by atoms with Crippen LogP contribution in [0, 0.1) is 5.92 Å². The molecule has 3 heteroatoms. The van der Waals surface area contributed by atoms with Crippen molar-refractivity contribution in [1.82, 2.24) is 0 Å². The van der Waals surface area contributed by atoms with Crippen LogP contribution in [0.15, 0.2) is 24.3 Å². The fraction of sp³-hybridized carbons (Fsp3) is 0.588. The highest BCUT2D eigenvalue weighted by molar-refractivity contribution is 5.47. The molecule has 1 heterocycles. The first-order valence-corrected chi connectivity index (χ1v) is 7.75. The van der Waals surface area contributed by atoms with Crippen LogP contribution in [0.25, 0.3) is 0 Å². The van der Waals surface area contributed by atoms with Gasteiger partial charge in [-0.3, -0.25) is 4.79 Å². The van der Waals surface area contributed by atoms with Crippen molar-refractivity contribution in [3.05, 3.63) is 29.8 Å². The summed E-state index contributed by atoms with van der Waals surface area (Å²) in [7, 11) is 0. The van der Waals surface area contributed by atoms with Gasteiger partial charge < -0.3 is 10.0 Å². The van der Waals surface area contributed by atoms with E-state index < -0.39 is 0 Å². The van der Waals surface area contributed by atoms with Crippen LogP contribution >= 0.6 is 0 Å². The van der Waals surface area contributed by atoms with Crippen LogP contribution in [0.3, 0.4) is 0 Å². The third-order valence-corrected chi connectivity index (χ3v) is 4.20. The lowest BCUT2D eigenvalue weighted by atomic mass is 10.1. The molecule has 1 aliphatic heterocycles. The molecule has 1 saturated carbocycles. The second-order valence-electron chi connectivity index (χ2n) is 5.80. The molecule has 20 heavy (non-hydrogen) atoms. The van der Waals surface area contributed by atoms with Gasteiger partial charge in [-0.1, -0.05) is 25.0 Å². The maximum Gasteiger partial charge on any atom is 0.290 e. The van der Waals surface area contributed by atoms with Gasteiger partial charge in [0.2, 0.25) is 0 Å². The third kappa shape index (κ3) is 4.87. The van der Waals surface area contributed by atoms with Gasteiger partial charge in [-0.15, -0.1) is 0 Å². The summed E-state index contributed by atoms with van der Waals surface area (Å²) < 4.78 is 0. The van der Waals surface area contributed by atoms with Crippen molar-refractivity contribution in [3.8, 4) is 0 Å². The fourth-order valence-electron chi connectivity index (χ4n) is 2.80. The molecule has 1 saturated heterocycles. The van der Waals surface area contributed by atoms with E-state index in [1.165, 1.54) is 69.3 Å². The summed E-state index contributed by atoms with van der Waals surface area (Å²) in [5.74, 6) is 1.05. The Bertz CT molecular complexity index is 392. The van der Waals surface area contributed by atoms with Gasteiger partial charge in [0.25, 0.3) is 6.47 Å². The van der Waals surface area contributed by atoms with Crippen LogP contribution in [0.1, 0.15) is 44.1 Å². The first-order chi connectivity index (χ1) is 9.83. The number of anilines is 1. The van der Waals surface area contributed by atoms with Gasteiger partial charge in [-0.25, -0.2) is 0 Å². The van der Waals surface area contributed by atoms with Crippen molar-refractivity contribution in [1.29, 1.82) is 0 Å². The number of benzene rings is 1. The molecule has 1 N–H and O–H groups in total. The number of hydrogen-bond acceptors (Lipinski definition) is 2. The van der Waals surface area contributed by atoms with Crippen molar-refractivity contribution in [2.45, 2.75) is 44.9 Å². The second kappa shape index (κ2) is 7.93. The molecule has 0 atom stereocenters. The van der Waals surface area contributed by atoms with Crippen molar-refractivity contribution in [2.75, 3.05) is 18.0 Å². The smallest absolute Gasteiger partial charge is 0.290 e. The van der Waals surface area contributed by atoms with Crippen LogP contribution < -0.4 is 4.90 Å². The maximum absolute atomic E-state index is 8.36. The molecule has 2 fully saturated rings. The predicted molar refractivity (Wildman–Crippen MR) is 82.2 cm³/mol. The highest BCUT2D eigenvalue weighted by Gasteiger charge is 2.20. The Labute approximate surface area is 121 Å². The summed E-state index contributed by atoms with van der Waals surface area (Å²) in [4.78, 5) is 10.9. The Morgan fingerprint density at radius 3 is 2.25 bits per heavy atom. The number of hydrogen-bond donors (Lipinski definition) is 1. The molecule has 1 aromatic carbocycles. The van der Waals surface area contributed by atoms with Crippen LogP contribution in [0.2, 0.25) is 0 Å². The Hall–Kier alpha value is -1.51. The summed E-state index contributed by atoms with van der Waals surface area (Å²) in [6.07, 6.45) is 9.79. The quantitative estimate of drug-likeness (QED) is 0.851. The van der Waals surface area contributed by atoms with E-state index in [-0.39, 0.29) is 6.47 Å². The first kappa shape index (κ1) is 14.9. The first-order valence-electron chi connectivity index (χ1n) is 7.75. The monoisotopic (exact) mass is 275 g/mol. The summed E-state index contributed by atoms with van der Waals surface area (Å²) in [5.41, 5.74) is 2.96. The van der Waals surface area contributed by atoms with Gasteiger partial charge >= 0.3 is 0 Å². The summed E-state index contributed by atoms with van der Waals surface area (Å²) in [6, 6.07) is 9.33. The average Bonchev–Trinajstić information content (AvgIpc) is 3.32. The Morgan fingerprint density at radius 1 is 1.10 bits per heavy atom. The maximum atomic E-state index is 8.36. The molecule has 0 unspecified atom stereocenters. The van der Waals surface area contributed by atoms with E-state index in [0.29, 0.717) is 0 Å². The molecule has 3 rings (SSSR count). The lowest BCUT2D eigenvalue weighted by molar-refractivity contribution is -0.122. The topological polar surface area (TPSA) is 40.5 Å². The third-order valence-electron chi connectivity index (χ3n) is 4.20. The zero-order valence-corrected chi connectivity index (χ0v) is 12.1. The van der Waals surface area contributed by atoms with E-state index in [1.807, 2.05) is 0 Å².